The van der Waals surface area contributed by atoms with Gasteiger partial charge in [0.25, 0.3) is 0 Å². The van der Waals surface area contributed by atoms with Crippen molar-refractivity contribution in [2.24, 2.45) is 0 Å². The number of rotatable bonds is 3. The number of imidazole rings is 1. The average Bonchev–Trinajstić information content (AvgIpc) is 3.23. The van der Waals surface area contributed by atoms with Gasteiger partial charge in [-0.25, -0.2) is 15.0 Å². The van der Waals surface area contributed by atoms with Gasteiger partial charge in [-0.15, -0.1) is 0 Å². The molecule has 1 saturated carbocycles. The Morgan fingerprint density at radius 1 is 1.14 bits per heavy atom. The Morgan fingerprint density at radius 3 is 2.81 bits per heavy atom. The predicted molar refractivity (Wildman–Crippen MR) is 82.8 cm³/mol. The van der Waals surface area contributed by atoms with Gasteiger partial charge in [0.2, 0.25) is 0 Å². The van der Waals surface area contributed by atoms with Crippen molar-refractivity contribution in [1.29, 1.82) is 0 Å². The lowest BCUT2D eigenvalue weighted by molar-refractivity contribution is 0.756. The van der Waals surface area contributed by atoms with Crippen LogP contribution in [0.4, 0.5) is 11.5 Å². The summed E-state index contributed by atoms with van der Waals surface area (Å²) in [7, 11) is 0. The van der Waals surface area contributed by atoms with Crippen LogP contribution in [-0.4, -0.2) is 19.5 Å². The van der Waals surface area contributed by atoms with Gasteiger partial charge in [0.1, 0.15) is 6.33 Å². The SMILES string of the molecule is Cc1ccc(C)c(Nc2ncnc3c2ncn3C2CC2)c1. The molecule has 2 aromatic heterocycles. The van der Waals surface area contributed by atoms with Crippen molar-refractivity contribution in [2.45, 2.75) is 32.7 Å². The lowest BCUT2D eigenvalue weighted by Crippen LogP contribution is -1.99. The van der Waals surface area contributed by atoms with E-state index in [1.54, 1.807) is 6.33 Å². The average molecular weight is 279 g/mol. The smallest absolute Gasteiger partial charge is 0.165 e. The molecule has 0 aliphatic heterocycles. The molecule has 1 N–H and O–H groups in total. The Labute approximate surface area is 123 Å². The molecule has 0 radical (unpaired) electrons. The molecule has 0 atom stereocenters. The van der Waals surface area contributed by atoms with Crippen molar-refractivity contribution in [2.75, 3.05) is 5.32 Å². The van der Waals surface area contributed by atoms with E-state index in [9.17, 15) is 0 Å². The summed E-state index contributed by atoms with van der Waals surface area (Å²) in [5.74, 6) is 0.771. The minimum Gasteiger partial charge on any atom is -0.338 e. The first kappa shape index (κ1) is 12.3. The zero-order chi connectivity index (χ0) is 14.4. The van der Waals surface area contributed by atoms with E-state index in [0.29, 0.717) is 6.04 Å². The second-order valence-corrected chi connectivity index (χ2v) is 5.72. The van der Waals surface area contributed by atoms with Crippen LogP contribution in [0.5, 0.6) is 0 Å². The molecule has 1 aromatic carbocycles. The number of hydrogen-bond donors (Lipinski definition) is 1. The molecule has 1 aliphatic rings. The summed E-state index contributed by atoms with van der Waals surface area (Å²) < 4.78 is 2.16. The Kier molecular flexibility index (Phi) is 2.67. The van der Waals surface area contributed by atoms with E-state index in [2.05, 4.69) is 56.9 Å². The predicted octanol–water partition coefficient (Wildman–Crippen LogP) is 3.52. The van der Waals surface area contributed by atoms with Gasteiger partial charge >= 0.3 is 0 Å². The van der Waals surface area contributed by atoms with Crippen molar-refractivity contribution >= 4 is 22.7 Å². The summed E-state index contributed by atoms with van der Waals surface area (Å²) in [6.45, 7) is 4.17. The maximum absolute atomic E-state index is 4.50. The summed E-state index contributed by atoms with van der Waals surface area (Å²) in [5, 5.41) is 3.40. The van der Waals surface area contributed by atoms with Crippen LogP contribution in [0.2, 0.25) is 0 Å². The molecule has 2 heterocycles. The van der Waals surface area contributed by atoms with E-state index in [0.717, 1.165) is 22.7 Å². The second-order valence-electron chi connectivity index (χ2n) is 5.72. The third-order valence-corrected chi connectivity index (χ3v) is 3.95. The maximum atomic E-state index is 4.50. The first-order chi connectivity index (χ1) is 10.2. The van der Waals surface area contributed by atoms with Gasteiger partial charge in [-0.05, 0) is 43.9 Å². The summed E-state index contributed by atoms with van der Waals surface area (Å²) in [4.78, 5) is 13.3. The van der Waals surface area contributed by atoms with E-state index < -0.39 is 0 Å². The van der Waals surface area contributed by atoms with Crippen molar-refractivity contribution < 1.29 is 0 Å². The number of anilines is 2. The van der Waals surface area contributed by atoms with Crippen LogP contribution in [0.3, 0.4) is 0 Å². The Balaban J connectivity index is 1.78. The number of aryl methyl sites for hydroxylation is 2. The van der Waals surface area contributed by atoms with Crippen molar-refractivity contribution in [1.82, 2.24) is 19.5 Å². The molecule has 5 nitrogen and oxygen atoms in total. The lowest BCUT2D eigenvalue weighted by atomic mass is 10.1. The Morgan fingerprint density at radius 2 is 2.00 bits per heavy atom. The first-order valence-corrected chi connectivity index (χ1v) is 7.24. The van der Waals surface area contributed by atoms with Gasteiger partial charge in [0.05, 0.1) is 6.33 Å². The highest BCUT2D eigenvalue weighted by Crippen LogP contribution is 2.37. The molecular formula is C16H17N5. The third kappa shape index (κ3) is 2.14. The summed E-state index contributed by atoms with van der Waals surface area (Å²) in [5.41, 5.74) is 5.23. The second kappa shape index (κ2) is 4.55. The van der Waals surface area contributed by atoms with E-state index in [-0.39, 0.29) is 0 Å². The fourth-order valence-electron chi connectivity index (χ4n) is 2.56. The molecule has 0 unspecified atom stereocenters. The number of fused-ring (bicyclic) bond motifs is 1. The molecule has 3 aromatic rings. The fraction of sp³-hybridized carbons (Fsp3) is 0.312. The Bertz CT molecular complexity index is 817. The molecule has 21 heavy (non-hydrogen) atoms. The van der Waals surface area contributed by atoms with E-state index in [4.69, 9.17) is 0 Å². The molecule has 5 heteroatoms. The van der Waals surface area contributed by atoms with Crippen LogP contribution in [-0.2, 0) is 0 Å². The molecule has 0 spiro atoms. The van der Waals surface area contributed by atoms with Gasteiger partial charge in [-0.1, -0.05) is 12.1 Å². The standard InChI is InChI=1S/C16H17N5/c1-10-3-4-11(2)13(7-10)20-15-14-16(18-8-17-15)21(9-19-14)12-5-6-12/h3-4,7-9,12H,5-6H2,1-2H3,(H,17,18,20). The van der Waals surface area contributed by atoms with Gasteiger partial charge in [0.15, 0.2) is 17.0 Å². The molecule has 1 aliphatic carbocycles. The normalized spacial score (nSPS) is 14.6. The van der Waals surface area contributed by atoms with Crippen molar-refractivity contribution in [3.63, 3.8) is 0 Å². The van der Waals surface area contributed by atoms with Crippen molar-refractivity contribution in [3.8, 4) is 0 Å². The molecule has 0 amide bonds. The lowest BCUT2D eigenvalue weighted by Gasteiger charge is -2.10. The third-order valence-electron chi connectivity index (χ3n) is 3.95. The number of nitrogens with one attached hydrogen (secondary N) is 1. The number of hydrogen-bond acceptors (Lipinski definition) is 4. The first-order valence-electron chi connectivity index (χ1n) is 7.24. The highest BCUT2D eigenvalue weighted by Gasteiger charge is 2.26. The van der Waals surface area contributed by atoms with Crippen LogP contribution in [0.15, 0.2) is 30.9 Å². The van der Waals surface area contributed by atoms with E-state index in [1.807, 2.05) is 6.33 Å². The molecule has 0 saturated heterocycles. The van der Waals surface area contributed by atoms with E-state index >= 15 is 0 Å². The minimum absolute atomic E-state index is 0.568. The summed E-state index contributed by atoms with van der Waals surface area (Å²) >= 11 is 0. The van der Waals surface area contributed by atoms with Gasteiger partial charge in [-0.2, -0.15) is 0 Å². The fourth-order valence-corrected chi connectivity index (χ4v) is 2.56. The van der Waals surface area contributed by atoms with Crippen LogP contribution in [0.25, 0.3) is 11.2 Å². The van der Waals surface area contributed by atoms with Crippen molar-refractivity contribution in [3.05, 3.63) is 42.0 Å². The molecule has 4 rings (SSSR count). The largest absolute Gasteiger partial charge is 0.338 e. The van der Waals surface area contributed by atoms with Crippen LogP contribution in [0, 0.1) is 13.8 Å². The van der Waals surface area contributed by atoms with Gasteiger partial charge in [0, 0.05) is 11.7 Å². The summed E-state index contributed by atoms with van der Waals surface area (Å²) in [6.07, 6.45) is 5.92. The van der Waals surface area contributed by atoms with Crippen LogP contribution < -0.4 is 5.32 Å². The number of benzene rings is 1. The van der Waals surface area contributed by atoms with Gasteiger partial charge < -0.3 is 9.88 Å². The zero-order valence-corrected chi connectivity index (χ0v) is 12.2. The van der Waals surface area contributed by atoms with Crippen LogP contribution in [0.1, 0.15) is 30.0 Å². The molecule has 106 valence electrons. The monoisotopic (exact) mass is 279 g/mol. The highest BCUT2D eigenvalue weighted by atomic mass is 15.2. The quantitative estimate of drug-likeness (QED) is 0.797. The zero-order valence-electron chi connectivity index (χ0n) is 12.2. The number of nitrogens with zero attached hydrogens (tertiary/aromatic N) is 4. The minimum atomic E-state index is 0.568. The summed E-state index contributed by atoms with van der Waals surface area (Å²) in [6, 6.07) is 6.91. The van der Waals surface area contributed by atoms with Gasteiger partial charge in [-0.3, -0.25) is 0 Å². The molecule has 0 bridgehead atoms. The highest BCUT2D eigenvalue weighted by molar-refractivity contribution is 5.85. The maximum Gasteiger partial charge on any atom is 0.165 e. The van der Waals surface area contributed by atoms with Crippen LogP contribution >= 0.6 is 0 Å². The molecular weight excluding hydrogens is 262 g/mol. The molecule has 1 fully saturated rings. The van der Waals surface area contributed by atoms with E-state index in [1.165, 1.54) is 24.0 Å². The topological polar surface area (TPSA) is 55.6 Å². The Hall–Kier alpha value is -2.43. The number of aromatic nitrogens is 4.